The van der Waals surface area contributed by atoms with Crippen LogP contribution in [0.2, 0.25) is 0 Å². The van der Waals surface area contributed by atoms with E-state index in [1.807, 2.05) is 16.5 Å². The number of hydrogen-bond acceptors (Lipinski definition) is 4. The third-order valence-electron chi connectivity index (χ3n) is 3.97. The molecule has 3 heterocycles. The molecule has 3 aromatic rings. The molecule has 4 radical (unpaired) electrons. The predicted octanol–water partition coefficient (Wildman–Crippen LogP) is 2.35. The molecule has 0 amide bonds. The number of pyridine rings is 1. The molecule has 3 aromatic heterocycles. The maximum absolute atomic E-state index is 5.81. The van der Waals surface area contributed by atoms with E-state index in [-0.39, 0.29) is 4.90 Å². The van der Waals surface area contributed by atoms with E-state index in [0.29, 0.717) is 5.88 Å². The first-order chi connectivity index (χ1) is 12.1. The molecular formula is C16H19B2N4OP3. The molecule has 0 aliphatic heterocycles. The minimum atomic E-state index is -1.02. The fourth-order valence-electron chi connectivity index (χ4n) is 2.35. The SMILES string of the molecule is [B]C([B])(P)C(C)Oc1ccc(-c2cc3c(C(C)(P)P)ncn3cn2)cn1. The van der Waals surface area contributed by atoms with Crippen molar-refractivity contribution in [3.63, 3.8) is 0 Å². The van der Waals surface area contributed by atoms with Crippen molar-refractivity contribution in [2.75, 3.05) is 0 Å². The average Bonchev–Trinajstić information content (AvgIpc) is 2.98. The summed E-state index contributed by atoms with van der Waals surface area (Å²) in [6.45, 7) is 3.86. The zero-order valence-corrected chi connectivity index (χ0v) is 18.1. The lowest BCUT2D eigenvalue weighted by Crippen LogP contribution is -2.39. The Bertz CT molecular complexity index is 920. The van der Waals surface area contributed by atoms with Gasteiger partial charge in [-0.05, 0) is 26.0 Å². The molecule has 26 heavy (non-hydrogen) atoms. The first kappa shape index (κ1) is 19.7. The maximum atomic E-state index is 5.81. The number of hydrogen-bond donors (Lipinski definition) is 0. The lowest BCUT2D eigenvalue weighted by Gasteiger charge is -2.28. The number of imidazole rings is 1. The molecule has 0 fully saturated rings. The van der Waals surface area contributed by atoms with Crippen LogP contribution in [0.25, 0.3) is 16.8 Å². The third kappa shape index (κ3) is 4.28. The van der Waals surface area contributed by atoms with Crippen LogP contribution in [0.4, 0.5) is 0 Å². The molecule has 4 unspecified atom stereocenters. The third-order valence-corrected chi connectivity index (χ3v) is 4.99. The molecule has 10 heteroatoms. The van der Waals surface area contributed by atoms with Crippen LogP contribution in [0.15, 0.2) is 37.1 Å². The van der Waals surface area contributed by atoms with Crippen LogP contribution in [0.5, 0.6) is 5.88 Å². The van der Waals surface area contributed by atoms with Gasteiger partial charge in [0.05, 0.1) is 38.7 Å². The van der Waals surface area contributed by atoms with Gasteiger partial charge in [-0.1, -0.05) is 4.95 Å². The Morgan fingerprint density at radius 3 is 2.38 bits per heavy atom. The van der Waals surface area contributed by atoms with Gasteiger partial charge >= 0.3 is 0 Å². The first-order valence-corrected chi connectivity index (χ1v) is 9.69. The Kier molecular flexibility index (Phi) is 5.46. The van der Waals surface area contributed by atoms with Crippen LogP contribution in [0.1, 0.15) is 19.5 Å². The van der Waals surface area contributed by atoms with Gasteiger partial charge in [0.1, 0.15) is 12.7 Å². The van der Waals surface area contributed by atoms with Gasteiger partial charge in [-0.3, -0.25) is 4.40 Å². The van der Waals surface area contributed by atoms with Crippen molar-refractivity contribution in [1.29, 1.82) is 0 Å². The minimum absolute atomic E-state index is 0.214. The van der Waals surface area contributed by atoms with Crippen molar-refractivity contribution >= 4 is 48.9 Å². The Morgan fingerprint density at radius 2 is 1.81 bits per heavy atom. The molecule has 0 aromatic carbocycles. The summed E-state index contributed by atoms with van der Waals surface area (Å²) in [6, 6.07) is 5.69. The second-order valence-electron chi connectivity index (χ2n) is 6.59. The van der Waals surface area contributed by atoms with E-state index in [0.717, 1.165) is 22.5 Å². The summed E-state index contributed by atoms with van der Waals surface area (Å²) in [5.74, 6) is 0.456. The van der Waals surface area contributed by atoms with Crippen molar-refractivity contribution < 1.29 is 4.74 Å². The molecule has 0 aliphatic rings. The first-order valence-electron chi connectivity index (χ1n) is 7.96. The number of rotatable bonds is 5. The summed E-state index contributed by atoms with van der Waals surface area (Å²) in [5, 5.41) is 0. The van der Waals surface area contributed by atoms with E-state index in [9.17, 15) is 0 Å². The van der Waals surface area contributed by atoms with E-state index in [2.05, 4.69) is 49.6 Å². The Hall–Kier alpha value is -1.01. The monoisotopic (exact) mass is 398 g/mol. The zero-order chi connectivity index (χ0) is 19.1. The largest absolute Gasteiger partial charge is 0.475 e. The summed E-state index contributed by atoms with van der Waals surface area (Å²) in [5.41, 5.74) is 3.64. The number of fused-ring (bicyclic) bond motifs is 1. The quantitative estimate of drug-likeness (QED) is 0.490. The molecule has 0 saturated heterocycles. The fourth-order valence-corrected chi connectivity index (χ4v) is 2.87. The second kappa shape index (κ2) is 7.19. The zero-order valence-electron chi connectivity index (χ0n) is 14.6. The van der Waals surface area contributed by atoms with Crippen molar-refractivity contribution in [3.05, 3.63) is 42.7 Å². The lowest BCUT2D eigenvalue weighted by atomic mass is 9.66. The van der Waals surface area contributed by atoms with Gasteiger partial charge < -0.3 is 4.74 Å². The van der Waals surface area contributed by atoms with Crippen molar-refractivity contribution in [2.24, 2.45) is 0 Å². The Morgan fingerprint density at radius 1 is 1.12 bits per heavy atom. The van der Waals surface area contributed by atoms with Crippen LogP contribution in [-0.2, 0) is 4.90 Å². The van der Waals surface area contributed by atoms with Crippen molar-refractivity contribution in [1.82, 2.24) is 19.4 Å². The van der Waals surface area contributed by atoms with E-state index >= 15 is 0 Å². The molecule has 5 nitrogen and oxygen atoms in total. The maximum Gasteiger partial charge on any atom is 0.213 e. The Labute approximate surface area is 162 Å². The van der Waals surface area contributed by atoms with Gasteiger partial charge in [-0.25, -0.2) is 15.0 Å². The van der Waals surface area contributed by atoms with Crippen LogP contribution in [-0.4, -0.2) is 46.1 Å². The van der Waals surface area contributed by atoms with E-state index in [4.69, 9.17) is 20.4 Å². The molecule has 0 saturated carbocycles. The van der Waals surface area contributed by atoms with Crippen LogP contribution in [0.3, 0.4) is 0 Å². The smallest absolute Gasteiger partial charge is 0.213 e. The molecule has 0 bridgehead atoms. The minimum Gasteiger partial charge on any atom is -0.475 e. The molecule has 0 N–H and O–H groups in total. The lowest BCUT2D eigenvalue weighted by molar-refractivity contribution is 0.218. The predicted molar refractivity (Wildman–Crippen MR) is 117 cm³/mol. The summed E-state index contributed by atoms with van der Waals surface area (Å²) >= 11 is 0. The van der Waals surface area contributed by atoms with Crippen LogP contribution < -0.4 is 4.74 Å². The number of nitrogens with zero attached hydrogens (tertiary/aromatic N) is 4. The average molecular weight is 398 g/mol. The summed E-state index contributed by atoms with van der Waals surface area (Å²) < 4.78 is 7.57. The van der Waals surface area contributed by atoms with Gasteiger partial charge in [0.15, 0.2) is 0 Å². The van der Waals surface area contributed by atoms with Gasteiger partial charge in [0.25, 0.3) is 0 Å². The van der Waals surface area contributed by atoms with Crippen molar-refractivity contribution in [2.45, 2.75) is 29.8 Å². The normalized spacial score (nSPS) is 13.7. The Balaban J connectivity index is 1.90. The van der Waals surface area contributed by atoms with E-state index < -0.39 is 11.1 Å². The molecule has 3 rings (SSSR count). The van der Waals surface area contributed by atoms with E-state index in [1.165, 1.54) is 0 Å². The number of ether oxygens (including phenoxy) is 1. The highest BCUT2D eigenvalue weighted by Crippen LogP contribution is 2.39. The molecule has 130 valence electrons. The van der Waals surface area contributed by atoms with Gasteiger partial charge in [-0.2, -0.15) is 0 Å². The topological polar surface area (TPSA) is 52.3 Å². The molecule has 0 aliphatic carbocycles. The number of aromatic nitrogens is 4. The van der Waals surface area contributed by atoms with Crippen molar-refractivity contribution in [3.8, 4) is 17.1 Å². The second-order valence-corrected chi connectivity index (χ2v) is 10.7. The fraction of sp³-hybridized carbons (Fsp3) is 0.312. The van der Waals surface area contributed by atoms with Gasteiger partial charge in [0, 0.05) is 22.7 Å². The van der Waals surface area contributed by atoms with Crippen LogP contribution >= 0.6 is 27.7 Å². The highest BCUT2D eigenvalue weighted by atomic mass is 31.1. The van der Waals surface area contributed by atoms with Crippen LogP contribution in [0, 0.1) is 0 Å². The van der Waals surface area contributed by atoms with Gasteiger partial charge in [0.2, 0.25) is 5.88 Å². The standard InChI is InChI=1S/C16H19B2N4OP3/c1-9(16(17,18)26)23-13-4-3-10(6-19-13)11-5-12-14(15(2,24)25)21-8-22(12)7-20-11/h3-9H,24-26H2,1-2H3. The molecule has 4 atom stereocenters. The summed E-state index contributed by atoms with van der Waals surface area (Å²) in [4.78, 5) is 12.1. The summed E-state index contributed by atoms with van der Waals surface area (Å²) in [6.07, 6.45) is 4.82. The highest BCUT2D eigenvalue weighted by molar-refractivity contribution is 7.38. The molecule has 0 spiro atoms. The summed E-state index contributed by atoms with van der Waals surface area (Å²) in [7, 11) is 19.5. The highest BCUT2D eigenvalue weighted by Gasteiger charge is 2.22. The molecular weight excluding hydrogens is 379 g/mol. The van der Waals surface area contributed by atoms with E-state index in [1.54, 1.807) is 31.8 Å². The van der Waals surface area contributed by atoms with Gasteiger partial charge in [-0.15, -0.1) is 27.7 Å².